The smallest absolute Gasteiger partial charge is 0.111 e. The normalized spacial score (nSPS) is 12.1. The molecule has 0 saturated heterocycles. The van der Waals surface area contributed by atoms with E-state index in [4.69, 9.17) is 16.5 Å². The van der Waals surface area contributed by atoms with Gasteiger partial charge in [-0.25, -0.2) is 4.98 Å². The van der Waals surface area contributed by atoms with Crippen molar-refractivity contribution in [1.82, 2.24) is 9.97 Å². The van der Waals surface area contributed by atoms with Gasteiger partial charge in [0.05, 0.1) is 5.69 Å². The average molecular weight is 455 g/mol. The van der Waals surface area contributed by atoms with E-state index < -0.39 is 0 Å². The third-order valence-corrected chi connectivity index (χ3v) is 5.69. The summed E-state index contributed by atoms with van der Waals surface area (Å²) in [6.07, 6.45) is 18.0. The summed E-state index contributed by atoms with van der Waals surface area (Å²) < 4.78 is 0. The first-order chi connectivity index (χ1) is 16.0. The lowest BCUT2D eigenvalue weighted by atomic mass is 9.99. The summed E-state index contributed by atoms with van der Waals surface area (Å²) in [4.78, 5) is 8.32. The Morgan fingerprint density at radius 1 is 1.21 bits per heavy atom. The van der Waals surface area contributed by atoms with Crippen molar-refractivity contribution in [3.05, 3.63) is 118 Å². The molecule has 2 aromatic heterocycles. The van der Waals surface area contributed by atoms with E-state index in [-0.39, 0.29) is 0 Å². The zero-order valence-electron chi connectivity index (χ0n) is 19.1. The van der Waals surface area contributed by atoms with Gasteiger partial charge < -0.3 is 16.5 Å². The fraction of sp³-hybridized carbons (Fsp3) is 0.107. The van der Waals surface area contributed by atoms with Gasteiger partial charge in [0.25, 0.3) is 0 Å². The minimum Gasteiger partial charge on any atom is -0.399 e. The standard InChI is InChI=1S/C26H28N4S.C2H2/c1-5-8-23(20-11-12-31-16-20)26-17(4)29-25(30-26)15-21-13-19(9-10-24(21)28)18(6-2)14-22(27)7-3;1-2/h5-14,16H,1,3,15,27-28H2,2,4H3,(H,29,30);1-2H/b18-6+,22-14+,23-8-;. The molecule has 0 atom stereocenters. The Balaban J connectivity index is 0.00000187. The average Bonchev–Trinajstić information content (AvgIpc) is 3.48. The number of terminal acetylenes is 1. The molecule has 3 aromatic rings. The lowest BCUT2D eigenvalue weighted by Gasteiger charge is -2.09. The highest BCUT2D eigenvalue weighted by Gasteiger charge is 2.15. The van der Waals surface area contributed by atoms with Crippen LogP contribution in [-0.2, 0) is 6.42 Å². The fourth-order valence-electron chi connectivity index (χ4n) is 3.41. The second-order valence-corrected chi connectivity index (χ2v) is 7.95. The van der Waals surface area contributed by atoms with Crippen LogP contribution in [0, 0.1) is 19.8 Å². The highest BCUT2D eigenvalue weighted by molar-refractivity contribution is 7.08. The number of hydrogen-bond donors (Lipinski definition) is 3. The molecule has 0 aliphatic rings. The third-order valence-electron chi connectivity index (χ3n) is 5.01. The van der Waals surface area contributed by atoms with E-state index in [2.05, 4.69) is 53.9 Å². The van der Waals surface area contributed by atoms with Gasteiger partial charge in [-0.1, -0.05) is 37.5 Å². The third kappa shape index (κ3) is 6.25. The van der Waals surface area contributed by atoms with Gasteiger partial charge in [0, 0.05) is 29.1 Å². The van der Waals surface area contributed by atoms with Crippen molar-refractivity contribution in [2.75, 3.05) is 5.73 Å². The number of allylic oxidation sites excluding steroid dienone is 6. The van der Waals surface area contributed by atoms with E-state index in [1.54, 1.807) is 23.5 Å². The molecule has 5 heteroatoms. The second kappa shape index (κ2) is 12.1. The molecule has 0 radical (unpaired) electrons. The molecule has 0 bridgehead atoms. The maximum Gasteiger partial charge on any atom is 0.111 e. The van der Waals surface area contributed by atoms with Crippen LogP contribution in [0.1, 0.15) is 40.8 Å². The largest absolute Gasteiger partial charge is 0.399 e. The van der Waals surface area contributed by atoms with Crippen molar-refractivity contribution in [1.29, 1.82) is 0 Å². The first-order valence-corrected chi connectivity index (χ1v) is 11.3. The van der Waals surface area contributed by atoms with Crippen LogP contribution in [0.4, 0.5) is 5.69 Å². The predicted molar refractivity (Wildman–Crippen MR) is 145 cm³/mol. The quantitative estimate of drug-likeness (QED) is 0.214. The number of H-pyrrole nitrogens is 1. The van der Waals surface area contributed by atoms with Crippen molar-refractivity contribution < 1.29 is 0 Å². The minimum absolute atomic E-state index is 0.600. The number of aromatic amines is 1. The van der Waals surface area contributed by atoms with Gasteiger partial charge in [0.15, 0.2) is 0 Å². The fourth-order valence-corrected chi connectivity index (χ4v) is 4.06. The van der Waals surface area contributed by atoms with Gasteiger partial charge in [0.1, 0.15) is 5.82 Å². The number of imidazole rings is 1. The summed E-state index contributed by atoms with van der Waals surface area (Å²) in [5.41, 5.74) is 20.8. The van der Waals surface area contributed by atoms with Crippen LogP contribution < -0.4 is 11.5 Å². The number of nitrogens with one attached hydrogen (secondary N) is 1. The molecule has 0 spiro atoms. The van der Waals surface area contributed by atoms with Gasteiger partial charge in [-0.2, -0.15) is 11.3 Å². The number of thiophene rings is 1. The van der Waals surface area contributed by atoms with E-state index in [0.29, 0.717) is 12.1 Å². The lowest BCUT2D eigenvalue weighted by molar-refractivity contribution is 1.02. The molecule has 3 rings (SSSR count). The summed E-state index contributed by atoms with van der Waals surface area (Å²) in [7, 11) is 0. The number of aromatic nitrogens is 2. The Hall–Kier alpha value is -4.01. The lowest BCUT2D eigenvalue weighted by Crippen LogP contribution is -2.00. The van der Waals surface area contributed by atoms with Crippen LogP contribution in [0.25, 0.3) is 11.1 Å². The first kappa shape index (κ1) is 25.3. The monoisotopic (exact) mass is 454 g/mol. The molecule has 0 unspecified atom stereocenters. The predicted octanol–water partition coefficient (Wildman–Crippen LogP) is 6.25. The van der Waals surface area contributed by atoms with Gasteiger partial charge >= 0.3 is 0 Å². The zero-order chi connectivity index (χ0) is 24.4. The number of nitrogens with two attached hydrogens (primary N) is 2. The number of aryl methyl sites for hydroxylation is 1. The van der Waals surface area contributed by atoms with Gasteiger partial charge in [-0.05, 0) is 77.2 Å². The SMILES string of the molecule is C#C.C=C/C=C(/c1ccsc1)c1nc(Cc2cc(C(/C=C(/N)C=C)=C/C)ccc2N)[nH]c1C. The van der Waals surface area contributed by atoms with Crippen molar-refractivity contribution in [3.63, 3.8) is 0 Å². The van der Waals surface area contributed by atoms with Crippen molar-refractivity contribution in [2.45, 2.75) is 20.3 Å². The van der Waals surface area contributed by atoms with Gasteiger partial charge in [-0.15, -0.1) is 12.8 Å². The van der Waals surface area contributed by atoms with Crippen molar-refractivity contribution in [3.8, 4) is 12.8 Å². The highest BCUT2D eigenvalue weighted by Crippen LogP contribution is 2.28. The van der Waals surface area contributed by atoms with Gasteiger partial charge in [0.2, 0.25) is 0 Å². The maximum absolute atomic E-state index is 6.30. The second-order valence-electron chi connectivity index (χ2n) is 7.17. The molecule has 168 valence electrons. The molecule has 0 aliphatic carbocycles. The molecule has 2 heterocycles. The maximum atomic E-state index is 6.30. The summed E-state index contributed by atoms with van der Waals surface area (Å²) in [6, 6.07) is 8.11. The summed E-state index contributed by atoms with van der Waals surface area (Å²) in [6.45, 7) is 11.6. The number of nitrogens with zero attached hydrogens (tertiary/aromatic N) is 1. The first-order valence-electron chi connectivity index (χ1n) is 10.4. The number of anilines is 1. The topological polar surface area (TPSA) is 80.7 Å². The molecule has 1 aromatic carbocycles. The van der Waals surface area contributed by atoms with Crippen molar-refractivity contribution >= 4 is 28.2 Å². The molecule has 0 fully saturated rings. The van der Waals surface area contributed by atoms with Crippen LogP contribution in [0.15, 0.2) is 84.3 Å². The Bertz CT molecular complexity index is 1220. The summed E-state index contributed by atoms with van der Waals surface area (Å²) in [5, 5.41) is 4.18. The zero-order valence-corrected chi connectivity index (χ0v) is 20.0. The number of benzene rings is 1. The molecule has 0 amide bonds. The molecule has 4 nitrogen and oxygen atoms in total. The Labute approximate surface area is 200 Å². The van der Waals surface area contributed by atoms with Crippen LogP contribution in [0.5, 0.6) is 0 Å². The van der Waals surface area contributed by atoms with Crippen LogP contribution in [0.3, 0.4) is 0 Å². The van der Waals surface area contributed by atoms with E-state index in [0.717, 1.165) is 50.7 Å². The Kier molecular flexibility index (Phi) is 9.29. The summed E-state index contributed by atoms with van der Waals surface area (Å²) >= 11 is 1.66. The van der Waals surface area contributed by atoms with E-state index in [1.807, 2.05) is 44.2 Å². The molecule has 0 aliphatic heterocycles. The highest BCUT2D eigenvalue weighted by atomic mass is 32.1. The minimum atomic E-state index is 0.600. The molecule has 5 N–H and O–H groups in total. The molecule has 0 saturated carbocycles. The molecule has 33 heavy (non-hydrogen) atoms. The summed E-state index contributed by atoms with van der Waals surface area (Å²) in [5.74, 6) is 0.865. The van der Waals surface area contributed by atoms with E-state index >= 15 is 0 Å². The van der Waals surface area contributed by atoms with Crippen LogP contribution in [-0.4, -0.2) is 9.97 Å². The van der Waals surface area contributed by atoms with E-state index in [1.165, 1.54) is 0 Å². The number of nitrogen functional groups attached to an aromatic ring is 1. The Morgan fingerprint density at radius 3 is 2.58 bits per heavy atom. The number of hydrogen-bond acceptors (Lipinski definition) is 4. The van der Waals surface area contributed by atoms with Crippen LogP contribution >= 0.6 is 11.3 Å². The number of rotatable bonds is 8. The van der Waals surface area contributed by atoms with Crippen LogP contribution in [0.2, 0.25) is 0 Å². The van der Waals surface area contributed by atoms with Gasteiger partial charge in [-0.3, -0.25) is 0 Å². The molecular formula is C28H30N4S. The van der Waals surface area contributed by atoms with E-state index in [9.17, 15) is 0 Å². The molecular weight excluding hydrogens is 424 g/mol. The van der Waals surface area contributed by atoms with Crippen molar-refractivity contribution in [2.24, 2.45) is 5.73 Å². The Morgan fingerprint density at radius 2 is 1.97 bits per heavy atom.